The van der Waals surface area contributed by atoms with Gasteiger partial charge < -0.3 is 14.9 Å². The van der Waals surface area contributed by atoms with Gasteiger partial charge in [-0.1, -0.05) is 12.8 Å². The first-order valence-electron chi connectivity index (χ1n) is 9.92. The molecule has 6 nitrogen and oxygen atoms in total. The number of carbonyl (C=O) groups excluding carboxylic acids is 2. The number of hydrogen-bond donors (Lipinski definition) is 1. The van der Waals surface area contributed by atoms with Crippen molar-refractivity contribution in [2.24, 2.45) is 5.92 Å². The lowest BCUT2D eigenvalue weighted by atomic mass is 9.84. The molecule has 6 heteroatoms. The Morgan fingerprint density at radius 3 is 2.22 bits per heavy atom. The van der Waals surface area contributed by atoms with Gasteiger partial charge in [-0.15, -0.1) is 0 Å². The number of likely N-dealkylation sites (tertiary alicyclic amines) is 1. The van der Waals surface area contributed by atoms with Crippen molar-refractivity contribution in [2.75, 3.05) is 13.1 Å². The van der Waals surface area contributed by atoms with E-state index >= 15 is 0 Å². The molecule has 2 aliphatic rings. The van der Waals surface area contributed by atoms with Crippen molar-refractivity contribution < 1.29 is 19.5 Å². The van der Waals surface area contributed by atoms with Crippen molar-refractivity contribution >= 4 is 17.8 Å². The minimum absolute atomic E-state index is 0.0179. The summed E-state index contributed by atoms with van der Waals surface area (Å²) < 4.78 is 0. The van der Waals surface area contributed by atoms with Gasteiger partial charge in [0.25, 0.3) is 11.8 Å². The van der Waals surface area contributed by atoms with Crippen molar-refractivity contribution in [3.05, 3.63) is 35.4 Å². The Morgan fingerprint density at radius 2 is 1.63 bits per heavy atom. The van der Waals surface area contributed by atoms with Crippen LogP contribution in [0.25, 0.3) is 0 Å². The maximum absolute atomic E-state index is 13.1. The highest BCUT2D eigenvalue weighted by atomic mass is 16.4. The Bertz CT molecular complexity index is 711. The quantitative estimate of drug-likeness (QED) is 0.862. The van der Waals surface area contributed by atoms with Crippen molar-refractivity contribution in [3.63, 3.8) is 0 Å². The van der Waals surface area contributed by atoms with E-state index in [1.54, 1.807) is 34.1 Å². The van der Waals surface area contributed by atoms with E-state index in [0.717, 1.165) is 25.7 Å². The normalized spacial score (nSPS) is 24.4. The SMILES string of the molecule is CCN(CC)C(=O)c1ccc(C(=O)N2C(C(=O)O)CC3CCCCC32)cc1. The molecule has 0 spiro atoms. The van der Waals surface area contributed by atoms with Crippen LogP contribution in [0.3, 0.4) is 0 Å². The fourth-order valence-corrected chi connectivity index (χ4v) is 4.57. The molecule has 1 saturated heterocycles. The number of carbonyl (C=O) groups is 3. The van der Waals surface area contributed by atoms with Gasteiger partial charge in [0.15, 0.2) is 0 Å². The van der Waals surface area contributed by atoms with Crippen LogP contribution in [0.15, 0.2) is 24.3 Å². The van der Waals surface area contributed by atoms with E-state index in [1.807, 2.05) is 13.8 Å². The van der Waals surface area contributed by atoms with Crippen LogP contribution in [0.2, 0.25) is 0 Å². The standard InChI is InChI=1S/C21H28N2O4/c1-3-22(4-2)19(24)14-9-11-15(12-10-14)20(25)23-17-8-6-5-7-16(17)13-18(23)21(26)27/h9-12,16-18H,3-8,13H2,1-2H3,(H,26,27). The van der Waals surface area contributed by atoms with Gasteiger partial charge in [0, 0.05) is 30.3 Å². The highest BCUT2D eigenvalue weighted by Gasteiger charge is 2.47. The van der Waals surface area contributed by atoms with Gasteiger partial charge in [-0.25, -0.2) is 4.79 Å². The number of hydrogen-bond acceptors (Lipinski definition) is 3. The molecule has 1 aromatic rings. The van der Waals surface area contributed by atoms with Crippen molar-refractivity contribution in [3.8, 4) is 0 Å². The lowest BCUT2D eigenvalue weighted by Crippen LogP contribution is -2.46. The Hall–Kier alpha value is -2.37. The molecule has 1 heterocycles. The number of fused-ring (bicyclic) bond motifs is 1. The molecular weight excluding hydrogens is 344 g/mol. The van der Waals surface area contributed by atoms with Gasteiger partial charge in [0.1, 0.15) is 6.04 Å². The number of aliphatic carboxylic acids is 1. The minimum Gasteiger partial charge on any atom is -0.480 e. The summed E-state index contributed by atoms with van der Waals surface area (Å²) >= 11 is 0. The van der Waals surface area contributed by atoms with Gasteiger partial charge >= 0.3 is 5.97 Å². The summed E-state index contributed by atoms with van der Waals surface area (Å²) in [6.07, 6.45) is 4.56. The lowest BCUT2D eigenvalue weighted by Gasteiger charge is -2.33. The van der Waals surface area contributed by atoms with Crippen molar-refractivity contribution in [1.82, 2.24) is 9.80 Å². The summed E-state index contributed by atoms with van der Waals surface area (Å²) in [6.45, 7) is 5.12. The smallest absolute Gasteiger partial charge is 0.326 e. The second-order valence-electron chi connectivity index (χ2n) is 7.47. The summed E-state index contributed by atoms with van der Waals surface area (Å²) in [5.74, 6) is -0.937. The minimum atomic E-state index is -0.925. The number of nitrogens with zero attached hydrogens (tertiary/aromatic N) is 2. The predicted octanol–water partition coefficient (Wildman–Crippen LogP) is 3.03. The van der Waals surface area contributed by atoms with Gasteiger partial charge in [0.05, 0.1) is 0 Å². The Morgan fingerprint density at radius 1 is 1.04 bits per heavy atom. The van der Waals surface area contributed by atoms with E-state index in [0.29, 0.717) is 30.6 Å². The third-order valence-electron chi connectivity index (χ3n) is 6.04. The maximum Gasteiger partial charge on any atom is 0.326 e. The Kier molecular flexibility index (Phi) is 5.82. The molecular formula is C21H28N2O4. The fourth-order valence-electron chi connectivity index (χ4n) is 4.57. The number of amides is 2. The summed E-state index contributed by atoms with van der Waals surface area (Å²) in [5, 5.41) is 9.61. The van der Waals surface area contributed by atoms with Gasteiger partial charge in [-0.05, 0) is 63.3 Å². The van der Waals surface area contributed by atoms with E-state index in [9.17, 15) is 19.5 Å². The van der Waals surface area contributed by atoms with Gasteiger partial charge in [0.2, 0.25) is 0 Å². The molecule has 0 bridgehead atoms. The van der Waals surface area contributed by atoms with E-state index in [-0.39, 0.29) is 23.8 Å². The zero-order valence-electron chi connectivity index (χ0n) is 16.1. The highest BCUT2D eigenvalue weighted by molar-refractivity contribution is 5.99. The van der Waals surface area contributed by atoms with Crippen LogP contribution in [0.1, 0.15) is 66.7 Å². The molecule has 1 N–H and O–H groups in total. The monoisotopic (exact) mass is 372 g/mol. The van der Waals surface area contributed by atoms with Crippen LogP contribution in [0.5, 0.6) is 0 Å². The predicted molar refractivity (Wildman–Crippen MR) is 102 cm³/mol. The number of carboxylic acid groups (broad SMARTS) is 1. The van der Waals surface area contributed by atoms with E-state index in [2.05, 4.69) is 0 Å². The third kappa shape index (κ3) is 3.70. The molecule has 0 radical (unpaired) electrons. The Balaban J connectivity index is 1.82. The van der Waals surface area contributed by atoms with Crippen LogP contribution in [0, 0.1) is 5.92 Å². The Labute approximate surface area is 160 Å². The molecule has 1 aromatic carbocycles. The summed E-state index contributed by atoms with van der Waals surface area (Å²) in [7, 11) is 0. The van der Waals surface area contributed by atoms with Crippen LogP contribution < -0.4 is 0 Å². The fraction of sp³-hybridized carbons (Fsp3) is 0.571. The van der Waals surface area contributed by atoms with E-state index in [1.165, 1.54) is 0 Å². The molecule has 1 saturated carbocycles. The largest absolute Gasteiger partial charge is 0.480 e. The molecule has 27 heavy (non-hydrogen) atoms. The number of benzene rings is 1. The van der Waals surface area contributed by atoms with Crippen molar-refractivity contribution in [2.45, 2.75) is 58.0 Å². The summed E-state index contributed by atoms with van der Waals surface area (Å²) in [4.78, 5) is 40.6. The average Bonchev–Trinajstić information content (AvgIpc) is 3.08. The van der Waals surface area contributed by atoms with Crippen LogP contribution in [-0.4, -0.2) is 57.9 Å². The molecule has 0 aromatic heterocycles. The molecule has 3 unspecified atom stereocenters. The van der Waals surface area contributed by atoms with E-state index in [4.69, 9.17) is 0 Å². The first-order chi connectivity index (χ1) is 13.0. The second kappa shape index (κ2) is 8.11. The van der Waals surface area contributed by atoms with Gasteiger partial charge in [-0.3, -0.25) is 9.59 Å². The number of rotatable bonds is 5. The molecule has 2 fully saturated rings. The first kappa shape index (κ1) is 19.4. The molecule has 146 valence electrons. The maximum atomic E-state index is 13.1. The van der Waals surface area contributed by atoms with Crippen LogP contribution in [0.4, 0.5) is 0 Å². The molecule has 1 aliphatic heterocycles. The second-order valence-corrected chi connectivity index (χ2v) is 7.47. The molecule has 1 aliphatic carbocycles. The first-order valence-corrected chi connectivity index (χ1v) is 9.92. The lowest BCUT2D eigenvalue weighted by molar-refractivity contribution is -0.141. The zero-order chi connectivity index (χ0) is 19.6. The highest BCUT2D eigenvalue weighted by Crippen LogP contribution is 2.40. The van der Waals surface area contributed by atoms with Crippen LogP contribution in [-0.2, 0) is 4.79 Å². The number of carboxylic acids is 1. The van der Waals surface area contributed by atoms with E-state index < -0.39 is 12.0 Å². The summed E-state index contributed by atoms with van der Waals surface area (Å²) in [5.41, 5.74) is 0.991. The molecule has 3 atom stereocenters. The van der Waals surface area contributed by atoms with Crippen LogP contribution >= 0.6 is 0 Å². The topological polar surface area (TPSA) is 77.9 Å². The molecule has 2 amide bonds. The molecule has 3 rings (SSSR count). The average molecular weight is 372 g/mol. The third-order valence-corrected chi connectivity index (χ3v) is 6.04. The summed E-state index contributed by atoms with van der Waals surface area (Å²) in [6, 6.07) is 5.89. The van der Waals surface area contributed by atoms with Crippen molar-refractivity contribution in [1.29, 1.82) is 0 Å². The van der Waals surface area contributed by atoms with Gasteiger partial charge in [-0.2, -0.15) is 0 Å². The zero-order valence-corrected chi connectivity index (χ0v) is 16.1.